The first-order valence-electron chi connectivity index (χ1n) is 5.93. The highest BCUT2D eigenvalue weighted by molar-refractivity contribution is 9.09. The normalized spacial score (nSPS) is 15.2. The van der Waals surface area contributed by atoms with Crippen LogP contribution in [0.25, 0.3) is 0 Å². The molecule has 0 bridgehead atoms. The highest BCUT2D eigenvalue weighted by Gasteiger charge is 2.29. The molecule has 0 aliphatic carbocycles. The van der Waals surface area contributed by atoms with Crippen LogP contribution in [0.2, 0.25) is 0 Å². The smallest absolute Gasteiger partial charge is 0.0540 e. The first kappa shape index (κ1) is 14.2. The Morgan fingerprint density at radius 2 is 1.75 bits per heavy atom. The van der Waals surface area contributed by atoms with Crippen LogP contribution in [-0.4, -0.2) is 0 Å². The Labute approximate surface area is 113 Å². The molecule has 0 saturated carbocycles. The topological polar surface area (TPSA) is 0 Å². The van der Waals surface area contributed by atoms with E-state index < -0.39 is 0 Å². The van der Waals surface area contributed by atoms with E-state index >= 15 is 0 Å². The number of rotatable bonds is 3. The molecule has 0 aliphatic rings. The fourth-order valence-corrected chi connectivity index (χ4v) is 3.47. The van der Waals surface area contributed by atoms with Crippen LogP contribution in [0.15, 0.2) is 12.1 Å². The Balaban J connectivity index is 2.95. The lowest BCUT2D eigenvalue weighted by Gasteiger charge is -2.28. The summed E-state index contributed by atoms with van der Waals surface area (Å²) >= 11 is 5.80. The van der Waals surface area contributed by atoms with Crippen molar-refractivity contribution in [3.8, 4) is 0 Å². The van der Waals surface area contributed by atoms with Gasteiger partial charge in [-0.1, -0.05) is 57.5 Å². The summed E-state index contributed by atoms with van der Waals surface area (Å²) in [5.41, 5.74) is 0.589. The fourth-order valence-electron chi connectivity index (χ4n) is 1.46. The van der Waals surface area contributed by atoms with Gasteiger partial charge in [-0.05, 0) is 29.4 Å². The number of hydrogen-bond acceptors (Lipinski definition) is 1. The minimum Gasteiger partial charge on any atom is -0.144 e. The molecule has 0 aromatic carbocycles. The van der Waals surface area contributed by atoms with Crippen molar-refractivity contribution in [1.29, 1.82) is 0 Å². The van der Waals surface area contributed by atoms with E-state index in [0.29, 0.717) is 10.2 Å². The van der Waals surface area contributed by atoms with Crippen molar-refractivity contribution in [3.05, 3.63) is 21.9 Å². The summed E-state index contributed by atoms with van der Waals surface area (Å²) in [6.45, 7) is 13.7. The van der Waals surface area contributed by atoms with Crippen LogP contribution >= 0.6 is 27.3 Å². The Morgan fingerprint density at radius 3 is 2.12 bits per heavy atom. The summed E-state index contributed by atoms with van der Waals surface area (Å²) < 4.78 is 0. The standard InChI is InChI=1S/C14H23BrS/c1-7-14(5,6)12(15)10-8-9-11(16-10)13(2,3)4/h8-9,12H,7H2,1-6H3. The lowest BCUT2D eigenvalue weighted by Crippen LogP contribution is -2.15. The van der Waals surface area contributed by atoms with Crippen LogP contribution in [0, 0.1) is 5.41 Å². The second kappa shape index (κ2) is 4.81. The van der Waals surface area contributed by atoms with Crippen molar-refractivity contribution < 1.29 is 0 Å². The predicted octanol–water partition coefficient (Wildman–Crippen LogP) is 5.92. The van der Waals surface area contributed by atoms with Crippen molar-refractivity contribution in [2.75, 3.05) is 0 Å². The van der Waals surface area contributed by atoms with Crippen LogP contribution < -0.4 is 0 Å². The molecular formula is C14H23BrS. The van der Waals surface area contributed by atoms with E-state index in [2.05, 4.69) is 69.6 Å². The molecule has 0 saturated heterocycles. The van der Waals surface area contributed by atoms with Crippen molar-refractivity contribution in [3.63, 3.8) is 0 Å². The van der Waals surface area contributed by atoms with Crippen LogP contribution in [0.3, 0.4) is 0 Å². The van der Waals surface area contributed by atoms with E-state index in [0.717, 1.165) is 0 Å². The Kier molecular flexibility index (Phi) is 4.29. The summed E-state index contributed by atoms with van der Waals surface area (Å²) in [4.78, 5) is 3.39. The van der Waals surface area contributed by atoms with Crippen molar-refractivity contribution in [1.82, 2.24) is 0 Å². The summed E-state index contributed by atoms with van der Waals surface area (Å²) in [6, 6.07) is 4.56. The quantitative estimate of drug-likeness (QED) is 0.608. The zero-order chi connectivity index (χ0) is 12.6. The molecule has 1 aromatic rings. The Morgan fingerprint density at radius 1 is 1.19 bits per heavy atom. The molecule has 92 valence electrons. The third-order valence-corrected chi connectivity index (χ3v) is 6.82. The lowest BCUT2D eigenvalue weighted by molar-refractivity contribution is 0.348. The summed E-state index contributed by atoms with van der Waals surface area (Å²) in [6.07, 6.45) is 1.19. The van der Waals surface area contributed by atoms with Gasteiger partial charge in [-0.2, -0.15) is 0 Å². The lowest BCUT2D eigenvalue weighted by atomic mass is 9.86. The van der Waals surface area contributed by atoms with E-state index in [1.807, 2.05) is 11.3 Å². The van der Waals surface area contributed by atoms with Gasteiger partial charge in [-0.3, -0.25) is 0 Å². The van der Waals surface area contributed by atoms with Crippen LogP contribution in [0.1, 0.15) is 62.5 Å². The molecule has 16 heavy (non-hydrogen) atoms. The van der Waals surface area contributed by atoms with Crippen LogP contribution in [0.5, 0.6) is 0 Å². The third kappa shape index (κ3) is 3.10. The molecule has 2 heteroatoms. The van der Waals surface area contributed by atoms with Crippen molar-refractivity contribution in [2.24, 2.45) is 5.41 Å². The maximum absolute atomic E-state index is 3.86. The molecule has 0 N–H and O–H groups in total. The highest BCUT2D eigenvalue weighted by Crippen LogP contribution is 2.46. The van der Waals surface area contributed by atoms with Gasteiger partial charge in [-0.15, -0.1) is 11.3 Å². The van der Waals surface area contributed by atoms with Crippen LogP contribution in [0.4, 0.5) is 0 Å². The molecule has 0 spiro atoms. The third-order valence-electron chi connectivity index (χ3n) is 3.21. The molecule has 1 rings (SSSR count). The van der Waals surface area contributed by atoms with Gasteiger partial charge >= 0.3 is 0 Å². The average Bonchev–Trinajstić information content (AvgIpc) is 2.64. The van der Waals surface area contributed by atoms with E-state index in [4.69, 9.17) is 0 Å². The molecule has 0 aliphatic heterocycles. The van der Waals surface area contributed by atoms with Gasteiger partial charge in [0.1, 0.15) is 0 Å². The Bertz CT molecular complexity index is 344. The summed E-state index contributed by atoms with van der Waals surface area (Å²) in [5, 5.41) is 0. The second-order valence-corrected chi connectivity index (χ2v) is 8.19. The predicted molar refractivity (Wildman–Crippen MR) is 78.8 cm³/mol. The second-order valence-electron chi connectivity index (χ2n) is 6.16. The molecule has 1 atom stereocenters. The van der Waals surface area contributed by atoms with Gasteiger partial charge < -0.3 is 0 Å². The summed E-state index contributed by atoms with van der Waals surface area (Å²) in [5.74, 6) is 0. The average molecular weight is 303 g/mol. The van der Waals surface area contributed by atoms with Gasteiger partial charge in [0.25, 0.3) is 0 Å². The van der Waals surface area contributed by atoms with E-state index in [1.54, 1.807) is 0 Å². The number of alkyl halides is 1. The maximum Gasteiger partial charge on any atom is 0.0540 e. The molecule has 0 fully saturated rings. The SMILES string of the molecule is CCC(C)(C)C(Br)c1ccc(C(C)(C)C)s1. The molecule has 1 unspecified atom stereocenters. The van der Waals surface area contributed by atoms with Gasteiger partial charge in [0.15, 0.2) is 0 Å². The highest BCUT2D eigenvalue weighted by atomic mass is 79.9. The van der Waals surface area contributed by atoms with Crippen molar-refractivity contribution in [2.45, 2.75) is 58.2 Å². The van der Waals surface area contributed by atoms with Gasteiger partial charge in [0.2, 0.25) is 0 Å². The number of halogens is 1. The van der Waals surface area contributed by atoms with Crippen LogP contribution in [-0.2, 0) is 5.41 Å². The maximum atomic E-state index is 3.86. The molecule has 1 heterocycles. The number of hydrogen-bond donors (Lipinski definition) is 0. The minimum absolute atomic E-state index is 0.270. The largest absolute Gasteiger partial charge is 0.144 e. The van der Waals surface area contributed by atoms with E-state index in [9.17, 15) is 0 Å². The molecule has 0 amide bonds. The first-order chi connectivity index (χ1) is 7.18. The molecule has 0 nitrogen and oxygen atoms in total. The fraction of sp³-hybridized carbons (Fsp3) is 0.714. The molecule has 1 aromatic heterocycles. The van der Waals surface area contributed by atoms with Gasteiger partial charge in [-0.25, -0.2) is 0 Å². The minimum atomic E-state index is 0.270. The van der Waals surface area contributed by atoms with E-state index in [-0.39, 0.29) is 5.41 Å². The van der Waals surface area contributed by atoms with Gasteiger partial charge in [0, 0.05) is 9.75 Å². The van der Waals surface area contributed by atoms with E-state index in [1.165, 1.54) is 16.2 Å². The Hall–Kier alpha value is 0.180. The number of thiophene rings is 1. The monoisotopic (exact) mass is 302 g/mol. The summed E-state index contributed by atoms with van der Waals surface area (Å²) in [7, 11) is 0. The molecular weight excluding hydrogens is 280 g/mol. The van der Waals surface area contributed by atoms with Gasteiger partial charge in [0.05, 0.1) is 4.83 Å². The zero-order valence-electron chi connectivity index (χ0n) is 11.2. The zero-order valence-corrected chi connectivity index (χ0v) is 13.6. The first-order valence-corrected chi connectivity index (χ1v) is 7.66. The molecule has 0 radical (unpaired) electrons. The van der Waals surface area contributed by atoms with Crippen molar-refractivity contribution >= 4 is 27.3 Å².